The minimum atomic E-state index is 0.719. The van der Waals surface area contributed by atoms with Crippen molar-refractivity contribution >= 4 is 22.9 Å². The molecule has 2 heterocycles. The number of hydrazine groups is 1. The summed E-state index contributed by atoms with van der Waals surface area (Å²) in [6.45, 7) is 0.719. The number of hydrogen-bond acceptors (Lipinski definition) is 4. The van der Waals surface area contributed by atoms with Gasteiger partial charge in [-0.1, -0.05) is 23.7 Å². The monoisotopic (exact) mass is 389 g/mol. The lowest BCUT2D eigenvalue weighted by atomic mass is 9.99. The third-order valence-electron chi connectivity index (χ3n) is 4.58. The molecule has 0 aliphatic carbocycles. The number of allylic oxidation sites excluding steroid dienone is 2. The number of hydrogen-bond donors (Lipinski definition) is 1. The van der Waals surface area contributed by atoms with E-state index in [0.717, 1.165) is 39.7 Å². The molecule has 0 fully saturated rings. The maximum atomic E-state index is 6.00. The van der Waals surface area contributed by atoms with Gasteiger partial charge in [-0.3, -0.25) is 15.4 Å². The van der Waals surface area contributed by atoms with Crippen LogP contribution in [0.3, 0.4) is 0 Å². The van der Waals surface area contributed by atoms with Crippen LogP contribution in [0, 0.1) is 0 Å². The number of ether oxygens (including phenoxy) is 1. The lowest BCUT2D eigenvalue weighted by molar-refractivity contribution is 0.314. The van der Waals surface area contributed by atoms with E-state index >= 15 is 0 Å². The van der Waals surface area contributed by atoms with Gasteiger partial charge in [0.1, 0.15) is 5.75 Å². The lowest BCUT2D eigenvalue weighted by Gasteiger charge is -2.30. The first-order chi connectivity index (χ1) is 13.7. The van der Waals surface area contributed by atoms with Crippen LogP contribution < -0.4 is 10.2 Å². The summed E-state index contributed by atoms with van der Waals surface area (Å²) in [7, 11) is 1.67. The number of nitrogens with one attached hydrogen (secondary N) is 1. The first kappa shape index (κ1) is 18.1. The van der Waals surface area contributed by atoms with Crippen molar-refractivity contribution < 1.29 is 4.74 Å². The number of nitrogens with zero attached hydrogens (tertiary/aromatic N) is 2. The molecule has 2 aromatic carbocycles. The van der Waals surface area contributed by atoms with E-state index in [1.807, 2.05) is 60.9 Å². The second-order valence-corrected chi connectivity index (χ2v) is 6.87. The molecule has 28 heavy (non-hydrogen) atoms. The molecule has 1 N–H and O–H groups in total. The van der Waals surface area contributed by atoms with Gasteiger partial charge < -0.3 is 4.74 Å². The lowest BCUT2D eigenvalue weighted by Crippen LogP contribution is -2.34. The van der Waals surface area contributed by atoms with E-state index in [1.54, 1.807) is 7.11 Å². The van der Waals surface area contributed by atoms with Gasteiger partial charge in [-0.2, -0.15) is 0 Å². The summed E-state index contributed by atoms with van der Waals surface area (Å²) < 4.78 is 5.30. The zero-order chi connectivity index (χ0) is 19.3. The van der Waals surface area contributed by atoms with E-state index in [-0.39, 0.29) is 0 Å². The first-order valence-electron chi connectivity index (χ1n) is 8.98. The summed E-state index contributed by atoms with van der Waals surface area (Å²) in [5.41, 5.74) is 9.05. The Morgan fingerprint density at radius 2 is 1.64 bits per heavy atom. The number of methoxy groups -OCH3 is 1. The molecule has 0 amide bonds. The third kappa shape index (κ3) is 4.02. The van der Waals surface area contributed by atoms with E-state index in [1.165, 1.54) is 5.56 Å². The van der Waals surface area contributed by atoms with Gasteiger partial charge in [0.25, 0.3) is 0 Å². The Bertz CT molecular complexity index is 996. The zero-order valence-electron chi connectivity index (χ0n) is 15.5. The molecule has 0 radical (unpaired) electrons. The normalized spacial score (nSPS) is 13.4. The van der Waals surface area contributed by atoms with Gasteiger partial charge >= 0.3 is 0 Å². The molecule has 0 saturated heterocycles. The number of rotatable bonds is 5. The summed E-state index contributed by atoms with van der Waals surface area (Å²) in [6, 6.07) is 20.0. The second kappa shape index (κ2) is 8.19. The SMILES string of the molecule is COc1ccc(C2=C(c3ccncc3)C=CN(Cc3ccc(Cl)cc3)N2)cc1. The molecule has 1 aliphatic rings. The average molecular weight is 390 g/mol. The largest absolute Gasteiger partial charge is 0.497 e. The highest BCUT2D eigenvalue weighted by Crippen LogP contribution is 2.30. The molecule has 5 heteroatoms. The summed E-state index contributed by atoms with van der Waals surface area (Å²) in [6.07, 6.45) is 7.79. The Labute approximate surface area is 169 Å². The van der Waals surface area contributed by atoms with Gasteiger partial charge in [0.15, 0.2) is 0 Å². The Balaban J connectivity index is 1.67. The summed E-state index contributed by atoms with van der Waals surface area (Å²) >= 11 is 6.00. The van der Waals surface area contributed by atoms with Crippen LogP contribution in [0.5, 0.6) is 5.75 Å². The van der Waals surface area contributed by atoms with Gasteiger partial charge in [0.05, 0.1) is 19.4 Å². The molecular weight excluding hydrogens is 370 g/mol. The molecule has 0 spiro atoms. The first-order valence-corrected chi connectivity index (χ1v) is 9.36. The predicted molar refractivity (Wildman–Crippen MR) is 113 cm³/mol. The van der Waals surface area contributed by atoms with Gasteiger partial charge in [-0.15, -0.1) is 0 Å². The Hall–Kier alpha value is -3.24. The minimum Gasteiger partial charge on any atom is -0.497 e. The Kier molecular flexibility index (Phi) is 5.31. The molecule has 4 nitrogen and oxygen atoms in total. The van der Waals surface area contributed by atoms with E-state index in [0.29, 0.717) is 0 Å². The fourth-order valence-electron chi connectivity index (χ4n) is 3.12. The highest BCUT2D eigenvalue weighted by molar-refractivity contribution is 6.30. The summed E-state index contributed by atoms with van der Waals surface area (Å²) in [4.78, 5) is 4.13. The second-order valence-electron chi connectivity index (χ2n) is 6.43. The van der Waals surface area contributed by atoms with Crippen LogP contribution in [0.4, 0.5) is 0 Å². The molecule has 3 aromatic rings. The van der Waals surface area contributed by atoms with Crippen LogP contribution in [-0.2, 0) is 6.54 Å². The quantitative estimate of drug-likeness (QED) is 0.655. The van der Waals surface area contributed by atoms with Crippen molar-refractivity contribution in [2.45, 2.75) is 6.54 Å². The number of pyridine rings is 1. The minimum absolute atomic E-state index is 0.719. The van der Waals surface area contributed by atoms with Crippen molar-refractivity contribution in [3.05, 3.63) is 107 Å². The number of halogens is 1. The van der Waals surface area contributed by atoms with E-state index < -0.39 is 0 Å². The van der Waals surface area contributed by atoms with Crippen LogP contribution in [0.15, 0.2) is 85.3 Å². The highest BCUT2D eigenvalue weighted by atomic mass is 35.5. The van der Waals surface area contributed by atoms with Gasteiger partial charge in [-0.25, -0.2) is 0 Å². The standard InChI is InChI=1S/C23H20ClN3O/c1-28-21-8-4-19(5-9-21)23-22(18-10-13-25-14-11-18)12-15-27(26-23)16-17-2-6-20(24)7-3-17/h2-15,26H,16H2,1H3. The molecule has 0 unspecified atom stereocenters. The Morgan fingerprint density at radius 1 is 0.929 bits per heavy atom. The number of benzene rings is 2. The molecular formula is C23H20ClN3O. The highest BCUT2D eigenvalue weighted by Gasteiger charge is 2.16. The maximum absolute atomic E-state index is 6.00. The fraction of sp³-hybridized carbons (Fsp3) is 0.0870. The van der Waals surface area contributed by atoms with Crippen molar-refractivity contribution in [1.29, 1.82) is 0 Å². The van der Waals surface area contributed by atoms with E-state index in [9.17, 15) is 0 Å². The molecule has 4 rings (SSSR count). The maximum Gasteiger partial charge on any atom is 0.118 e. The summed E-state index contributed by atoms with van der Waals surface area (Å²) in [5.74, 6) is 0.833. The molecule has 0 bridgehead atoms. The van der Waals surface area contributed by atoms with Crippen molar-refractivity contribution in [2.75, 3.05) is 7.11 Å². The van der Waals surface area contributed by atoms with Crippen LogP contribution in [0.25, 0.3) is 11.3 Å². The molecule has 1 aromatic heterocycles. The van der Waals surface area contributed by atoms with Crippen molar-refractivity contribution in [3.8, 4) is 5.75 Å². The van der Waals surface area contributed by atoms with Gasteiger partial charge in [0, 0.05) is 34.8 Å². The molecule has 0 saturated carbocycles. The van der Waals surface area contributed by atoms with Crippen LogP contribution >= 0.6 is 11.6 Å². The zero-order valence-corrected chi connectivity index (χ0v) is 16.2. The smallest absolute Gasteiger partial charge is 0.118 e. The third-order valence-corrected chi connectivity index (χ3v) is 4.83. The molecule has 0 atom stereocenters. The molecule has 1 aliphatic heterocycles. The average Bonchev–Trinajstić information content (AvgIpc) is 2.76. The van der Waals surface area contributed by atoms with E-state index in [4.69, 9.17) is 16.3 Å². The van der Waals surface area contributed by atoms with Gasteiger partial charge in [-0.05, 0) is 65.7 Å². The summed E-state index contributed by atoms with van der Waals surface area (Å²) in [5, 5.41) is 2.80. The van der Waals surface area contributed by atoms with E-state index in [2.05, 4.69) is 39.8 Å². The van der Waals surface area contributed by atoms with Crippen LogP contribution in [0.1, 0.15) is 16.7 Å². The van der Waals surface area contributed by atoms with Crippen LogP contribution in [-0.4, -0.2) is 17.1 Å². The topological polar surface area (TPSA) is 37.4 Å². The fourth-order valence-corrected chi connectivity index (χ4v) is 3.24. The molecule has 140 valence electrons. The number of aromatic nitrogens is 1. The van der Waals surface area contributed by atoms with Crippen molar-refractivity contribution in [2.24, 2.45) is 0 Å². The van der Waals surface area contributed by atoms with Crippen LogP contribution in [0.2, 0.25) is 5.02 Å². The van der Waals surface area contributed by atoms with Crippen molar-refractivity contribution in [1.82, 2.24) is 15.4 Å². The predicted octanol–water partition coefficient (Wildman–Crippen LogP) is 5.15. The Morgan fingerprint density at radius 3 is 2.32 bits per heavy atom. The van der Waals surface area contributed by atoms with Crippen molar-refractivity contribution in [3.63, 3.8) is 0 Å². The van der Waals surface area contributed by atoms with Gasteiger partial charge in [0.2, 0.25) is 0 Å².